The van der Waals surface area contributed by atoms with Crippen LogP contribution in [-0.2, 0) is 0 Å². The molecule has 0 spiro atoms. The Balaban J connectivity index is 2.59. The van der Waals surface area contributed by atoms with Gasteiger partial charge < -0.3 is 5.11 Å². The Kier molecular flexibility index (Phi) is 2.70. The van der Waals surface area contributed by atoms with Gasteiger partial charge in [0.15, 0.2) is 0 Å². The first-order valence-corrected chi connectivity index (χ1v) is 5.37. The third-order valence-electron chi connectivity index (χ3n) is 1.91. The van der Waals surface area contributed by atoms with Crippen molar-refractivity contribution in [2.24, 2.45) is 0 Å². The highest BCUT2D eigenvalue weighted by Gasteiger charge is 2.15. The molecule has 0 aliphatic carbocycles. The first-order chi connectivity index (χ1) is 7.20. The molecule has 1 N–H and O–H groups in total. The third kappa shape index (κ3) is 1.86. The van der Waals surface area contributed by atoms with Crippen LogP contribution in [-0.4, -0.2) is 16.1 Å². The number of hydrogen-bond acceptors (Lipinski definition) is 3. The lowest BCUT2D eigenvalue weighted by Gasteiger charge is -2.01. The molecule has 0 aliphatic rings. The summed E-state index contributed by atoms with van der Waals surface area (Å²) in [5, 5.41) is 11.0. The van der Waals surface area contributed by atoms with Crippen LogP contribution in [0.25, 0.3) is 11.1 Å². The van der Waals surface area contributed by atoms with Gasteiger partial charge in [-0.3, -0.25) is 0 Å². The molecule has 76 valence electrons. The van der Waals surface area contributed by atoms with Crippen molar-refractivity contribution in [2.75, 3.05) is 0 Å². The number of carboxylic acid groups (broad SMARTS) is 1. The van der Waals surface area contributed by atoms with Crippen LogP contribution < -0.4 is 0 Å². The topological polar surface area (TPSA) is 50.2 Å². The van der Waals surface area contributed by atoms with E-state index in [0.29, 0.717) is 16.3 Å². The Labute approximate surface area is 95.0 Å². The second-order valence-electron chi connectivity index (χ2n) is 2.81. The number of aromatic nitrogens is 1. The molecule has 15 heavy (non-hydrogen) atoms. The summed E-state index contributed by atoms with van der Waals surface area (Å²) in [7, 11) is 0. The molecule has 5 heteroatoms. The van der Waals surface area contributed by atoms with Crippen molar-refractivity contribution >= 4 is 28.9 Å². The van der Waals surface area contributed by atoms with Crippen molar-refractivity contribution in [3.63, 3.8) is 0 Å². The summed E-state index contributed by atoms with van der Waals surface area (Å²) in [6.45, 7) is 0. The molecule has 0 unspecified atom stereocenters. The second kappa shape index (κ2) is 4.00. The number of rotatable bonds is 2. The number of thiophene rings is 1. The first kappa shape index (κ1) is 10.1. The molecule has 3 nitrogen and oxygen atoms in total. The predicted octanol–water partition coefficient (Wildman–Crippen LogP) is 3.16. The monoisotopic (exact) mass is 239 g/mol. The Morgan fingerprint density at radius 3 is 2.87 bits per heavy atom. The van der Waals surface area contributed by atoms with E-state index in [2.05, 4.69) is 4.98 Å². The van der Waals surface area contributed by atoms with Crippen LogP contribution >= 0.6 is 22.9 Å². The maximum absolute atomic E-state index is 10.9. The highest BCUT2D eigenvalue weighted by Crippen LogP contribution is 2.31. The van der Waals surface area contributed by atoms with E-state index < -0.39 is 5.97 Å². The Morgan fingerprint density at radius 2 is 2.20 bits per heavy atom. The number of halogens is 1. The Bertz CT molecular complexity index is 510. The summed E-state index contributed by atoms with van der Waals surface area (Å²) in [5.74, 6) is -0.945. The summed E-state index contributed by atoms with van der Waals surface area (Å²) >= 11 is 7.07. The van der Waals surface area contributed by atoms with Crippen molar-refractivity contribution in [1.82, 2.24) is 4.98 Å². The molecule has 2 aromatic heterocycles. The van der Waals surface area contributed by atoms with Crippen LogP contribution in [0.5, 0.6) is 0 Å². The van der Waals surface area contributed by atoms with Crippen LogP contribution in [0.15, 0.2) is 29.8 Å². The van der Waals surface area contributed by atoms with Gasteiger partial charge in [-0.2, -0.15) is 0 Å². The van der Waals surface area contributed by atoms with E-state index in [1.54, 1.807) is 29.8 Å². The average molecular weight is 240 g/mol. The molecule has 0 fully saturated rings. The zero-order valence-corrected chi connectivity index (χ0v) is 9.05. The number of carboxylic acids is 1. The molecule has 0 saturated heterocycles. The van der Waals surface area contributed by atoms with Crippen LogP contribution in [0.3, 0.4) is 0 Å². The Morgan fingerprint density at radius 1 is 1.40 bits per heavy atom. The van der Waals surface area contributed by atoms with Crippen molar-refractivity contribution in [3.05, 3.63) is 39.8 Å². The zero-order chi connectivity index (χ0) is 10.8. The fourth-order valence-electron chi connectivity index (χ4n) is 1.27. The quantitative estimate of drug-likeness (QED) is 0.819. The second-order valence-corrected chi connectivity index (χ2v) is 4.08. The molecule has 0 aliphatic heterocycles. The van der Waals surface area contributed by atoms with E-state index in [1.807, 2.05) is 0 Å². The van der Waals surface area contributed by atoms with Crippen LogP contribution in [0.4, 0.5) is 0 Å². The van der Waals surface area contributed by atoms with Gasteiger partial charge in [0.1, 0.15) is 10.0 Å². The average Bonchev–Trinajstić information content (AvgIpc) is 2.67. The number of hydrogen-bond donors (Lipinski definition) is 1. The minimum absolute atomic E-state index is 0.282. The van der Waals surface area contributed by atoms with Crippen molar-refractivity contribution in [1.29, 1.82) is 0 Å². The molecule has 0 saturated carbocycles. The molecule has 2 heterocycles. The molecule has 0 atom stereocenters. The van der Waals surface area contributed by atoms with Crippen LogP contribution in [0.1, 0.15) is 9.67 Å². The molecule has 0 radical (unpaired) electrons. The minimum atomic E-state index is -0.945. The fraction of sp³-hybridized carbons (Fsp3) is 0. The predicted molar refractivity (Wildman–Crippen MR) is 59.5 cm³/mol. The lowest BCUT2D eigenvalue weighted by atomic mass is 10.1. The van der Waals surface area contributed by atoms with Gasteiger partial charge in [-0.25, -0.2) is 9.78 Å². The van der Waals surface area contributed by atoms with Crippen LogP contribution in [0, 0.1) is 0 Å². The van der Waals surface area contributed by atoms with E-state index in [9.17, 15) is 4.79 Å². The lowest BCUT2D eigenvalue weighted by molar-refractivity contribution is 0.0703. The smallest absolute Gasteiger partial charge is 0.346 e. The van der Waals surface area contributed by atoms with Crippen molar-refractivity contribution in [2.45, 2.75) is 0 Å². The summed E-state index contributed by atoms with van der Waals surface area (Å²) in [4.78, 5) is 15.1. The van der Waals surface area contributed by atoms with E-state index in [1.165, 1.54) is 11.3 Å². The molecule has 2 rings (SSSR count). The van der Waals surface area contributed by atoms with Gasteiger partial charge in [-0.05, 0) is 23.6 Å². The maximum atomic E-state index is 10.9. The zero-order valence-electron chi connectivity index (χ0n) is 7.48. The van der Waals surface area contributed by atoms with E-state index in [-0.39, 0.29) is 4.88 Å². The summed E-state index contributed by atoms with van der Waals surface area (Å²) < 4.78 is 0. The van der Waals surface area contributed by atoms with E-state index in [0.717, 1.165) is 0 Å². The van der Waals surface area contributed by atoms with Gasteiger partial charge in [0.2, 0.25) is 0 Å². The highest BCUT2D eigenvalue weighted by atomic mass is 35.5. The maximum Gasteiger partial charge on any atom is 0.346 e. The first-order valence-electron chi connectivity index (χ1n) is 4.12. The molecule has 2 aromatic rings. The van der Waals surface area contributed by atoms with Gasteiger partial charge >= 0.3 is 5.97 Å². The van der Waals surface area contributed by atoms with Gasteiger partial charge in [-0.1, -0.05) is 11.6 Å². The Hall–Kier alpha value is -1.39. The highest BCUT2D eigenvalue weighted by molar-refractivity contribution is 7.12. The SMILES string of the molecule is O=C(O)c1sccc1-c1cccnc1Cl. The minimum Gasteiger partial charge on any atom is -0.477 e. The summed E-state index contributed by atoms with van der Waals surface area (Å²) in [6, 6.07) is 5.21. The van der Waals surface area contributed by atoms with Crippen molar-refractivity contribution in [3.8, 4) is 11.1 Å². The van der Waals surface area contributed by atoms with Gasteiger partial charge in [0.05, 0.1) is 0 Å². The van der Waals surface area contributed by atoms with Crippen LogP contribution in [0.2, 0.25) is 5.15 Å². The molecule has 0 aromatic carbocycles. The molecule has 0 amide bonds. The summed E-state index contributed by atoms with van der Waals surface area (Å²) in [6.07, 6.45) is 1.57. The lowest BCUT2D eigenvalue weighted by Crippen LogP contribution is -1.95. The van der Waals surface area contributed by atoms with E-state index in [4.69, 9.17) is 16.7 Å². The normalized spacial score (nSPS) is 10.2. The number of carbonyl (C=O) groups is 1. The number of nitrogens with zero attached hydrogens (tertiary/aromatic N) is 1. The van der Waals surface area contributed by atoms with Gasteiger partial charge in [0.25, 0.3) is 0 Å². The number of aromatic carboxylic acids is 1. The third-order valence-corrected chi connectivity index (χ3v) is 3.11. The largest absolute Gasteiger partial charge is 0.477 e. The number of pyridine rings is 1. The molecular formula is C10H6ClNO2S. The van der Waals surface area contributed by atoms with Gasteiger partial charge in [-0.15, -0.1) is 11.3 Å². The fourth-order valence-corrected chi connectivity index (χ4v) is 2.24. The molecular weight excluding hydrogens is 234 g/mol. The van der Waals surface area contributed by atoms with E-state index >= 15 is 0 Å². The molecule has 0 bridgehead atoms. The summed E-state index contributed by atoms with van der Waals surface area (Å²) in [5.41, 5.74) is 1.27. The standard InChI is InChI=1S/C10H6ClNO2S/c11-9-7(2-1-4-12-9)6-3-5-15-8(6)10(13)14/h1-5H,(H,13,14). The van der Waals surface area contributed by atoms with Crippen molar-refractivity contribution < 1.29 is 9.90 Å². The van der Waals surface area contributed by atoms with Gasteiger partial charge in [0, 0.05) is 17.3 Å².